The summed E-state index contributed by atoms with van der Waals surface area (Å²) >= 11 is 0. The zero-order valence-electron chi connectivity index (χ0n) is 9.92. The van der Waals surface area contributed by atoms with E-state index >= 15 is 0 Å². The summed E-state index contributed by atoms with van der Waals surface area (Å²) in [5.41, 5.74) is 8.89. The van der Waals surface area contributed by atoms with Gasteiger partial charge < -0.3 is 10.5 Å². The van der Waals surface area contributed by atoms with Crippen molar-refractivity contribution in [3.05, 3.63) is 11.4 Å². The van der Waals surface area contributed by atoms with Gasteiger partial charge in [0.1, 0.15) is 6.73 Å². The monoisotopic (exact) mass is 211 g/mol. The van der Waals surface area contributed by atoms with Crippen molar-refractivity contribution in [2.75, 3.05) is 12.3 Å². The van der Waals surface area contributed by atoms with Gasteiger partial charge in [-0.05, 0) is 19.3 Å². The van der Waals surface area contributed by atoms with Crippen molar-refractivity contribution < 1.29 is 4.74 Å². The highest BCUT2D eigenvalue weighted by Gasteiger charge is 2.11. The molecule has 2 N–H and O–H groups in total. The standard InChI is InChI=1S/C11H21N3O/c1-4-7-15-8-14-10(6-3)11(12)9(5-2)13-14/h4-8,12H2,1-3H3. The van der Waals surface area contributed by atoms with Crippen LogP contribution in [0.4, 0.5) is 5.69 Å². The molecule has 4 heteroatoms. The van der Waals surface area contributed by atoms with E-state index in [4.69, 9.17) is 10.5 Å². The van der Waals surface area contributed by atoms with Crippen molar-refractivity contribution in [1.29, 1.82) is 0 Å². The third-order valence-electron chi connectivity index (χ3n) is 2.41. The zero-order valence-corrected chi connectivity index (χ0v) is 9.92. The molecular weight excluding hydrogens is 190 g/mol. The molecule has 0 saturated carbocycles. The first-order valence-electron chi connectivity index (χ1n) is 5.66. The number of hydrogen-bond acceptors (Lipinski definition) is 3. The molecule has 15 heavy (non-hydrogen) atoms. The van der Waals surface area contributed by atoms with Gasteiger partial charge in [0.15, 0.2) is 0 Å². The Balaban J connectivity index is 2.77. The van der Waals surface area contributed by atoms with E-state index in [-0.39, 0.29) is 0 Å². The van der Waals surface area contributed by atoms with Crippen LogP contribution in [0.2, 0.25) is 0 Å². The third kappa shape index (κ3) is 2.72. The maximum absolute atomic E-state index is 5.99. The molecule has 0 spiro atoms. The number of hydrogen-bond donors (Lipinski definition) is 1. The Hall–Kier alpha value is -1.03. The number of anilines is 1. The summed E-state index contributed by atoms with van der Waals surface area (Å²) in [6, 6.07) is 0. The van der Waals surface area contributed by atoms with Gasteiger partial charge in [0.05, 0.1) is 17.1 Å². The van der Waals surface area contributed by atoms with Gasteiger partial charge in [0.2, 0.25) is 0 Å². The van der Waals surface area contributed by atoms with Crippen LogP contribution in [0.3, 0.4) is 0 Å². The minimum atomic E-state index is 0.515. The van der Waals surface area contributed by atoms with Crippen molar-refractivity contribution in [3.8, 4) is 0 Å². The van der Waals surface area contributed by atoms with E-state index in [0.717, 1.165) is 42.9 Å². The highest BCUT2D eigenvalue weighted by atomic mass is 16.5. The van der Waals surface area contributed by atoms with E-state index in [2.05, 4.69) is 25.9 Å². The van der Waals surface area contributed by atoms with Gasteiger partial charge in [-0.15, -0.1) is 0 Å². The maximum Gasteiger partial charge on any atom is 0.139 e. The molecular formula is C11H21N3O. The first-order chi connectivity index (χ1) is 7.24. The fourth-order valence-electron chi connectivity index (χ4n) is 1.60. The minimum Gasteiger partial charge on any atom is -0.396 e. The van der Waals surface area contributed by atoms with Crippen molar-refractivity contribution in [3.63, 3.8) is 0 Å². The Morgan fingerprint density at radius 1 is 1.27 bits per heavy atom. The second-order valence-electron chi connectivity index (χ2n) is 3.55. The van der Waals surface area contributed by atoms with Crippen LogP contribution in [-0.4, -0.2) is 16.4 Å². The first kappa shape index (κ1) is 12.0. The molecule has 0 radical (unpaired) electrons. The highest BCUT2D eigenvalue weighted by Crippen LogP contribution is 2.18. The van der Waals surface area contributed by atoms with Gasteiger partial charge >= 0.3 is 0 Å². The van der Waals surface area contributed by atoms with Gasteiger partial charge in [-0.3, -0.25) is 0 Å². The molecule has 0 aromatic carbocycles. The normalized spacial score (nSPS) is 10.9. The Morgan fingerprint density at radius 3 is 2.53 bits per heavy atom. The predicted octanol–water partition coefficient (Wildman–Crippen LogP) is 1.97. The summed E-state index contributed by atoms with van der Waals surface area (Å²) in [6.07, 6.45) is 2.80. The summed E-state index contributed by atoms with van der Waals surface area (Å²) in [5, 5.41) is 4.44. The lowest BCUT2D eigenvalue weighted by Crippen LogP contribution is -2.09. The van der Waals surface area contributed by atoms with Crippen molar-refractivity contribution in [1.82, 2.24) is 9.78 Å². The average molecular weight is 211 g/mol. The van der Waals surface area contributed by atoms with Gasteiger partial charge in [-0.1, -0.05) is 20.8 Å². The van der Waals surface area contributed by atoms with Crippen molar-refractivity contribution in [2.45, 2.75) is 46.8 Å². The summed E-state index contributed by atoms with van der Waals surface area (Å²) in [4.78, 5) is 0. The van der Waals surface area contributed by atoms with Crippen molar-refractivity contribution in [2.24, 2.45) is 0 Å². The molecule has 1 aromatic heterocycles. The number of aryl methyl sites for hydroxylation is 1. The Kier molecular flexibility index (Phi) is 4.62. The van der Waals surface area contributed by atoms with Crippen LogP contribution in [0.1, 0.15) is 38.6 Å². The Morgan fingerprint density at radius 2 is 2.00 bits per heavy atom. The van der Waals surface area contributed by atoms with Gasteiger partial charge in [-0.25, -0.2) is 4.68 Å². The molecule has 0 saturated heterocycles. The predicted molar refractivity (Wildman–Crippen MR) is 61.6 cm³/mol. The van der Waals surface area contributed by atoms with E-state index in [1.165, 1.54) is 0 Å². The summed E-state index contributed by atoms with van der Waals surface area (Å²) in [7, 11) is 0. The number of rotatable bonds is 6. The minimum absolute atomic E-state index is 0.515. The number of aromatic nitrogens is 2. The fourth-order valence-corrected chi connectivity index (χ4v) is 1.60. The van der Waals surface area contributed by atoms with E-state index < -0.39 is 0 Å². The topological polar surface area (TPSA) is 53.1 Å². The third-order valence-corrected chi connectivity index (χ3v) is 2.41. The molecule has 1 heterocycles. The lowest BCUT2D eigenvalue weighted by molar-refractivity contribution is 0.0673. The van der Waals surface area contributed by atoms with E-state index in [9.17, 15) is 0 Å². The first-order valence-corrected chi connectivity index (χ1v) is 5.66. The lowest BCUT2D eigenvalue weighted by atomic mass is 10.2. The molecule has 0 unspecified atom stereocenters. The number of nitrogens with two attached hydrogens (primary N) is 1. The van der Waals surface area contributed by atoms with Gasteiger partial charge in [-0.2, -0.15) is 5.10 Å². The molecule has 1 aromatic rings. The van der Waals surface area contributed by atoms with Crippen LogP contribution in [0, 0.1) is 0 Å². The summed E-state index contributed by atoms with van der Waals surface area (Å²) < 4.78 is 7.35. The molecule has 4 nitrogen and oxygen atoms in total. The van der Waals surface area contributed by atoms with Crippen LogP contribution in [-0.2, 0) is 24.3 Å². The number of nitrogens with zero attached hydrogens (tertiary/aromatic N) is 2. The molecule has 0 bridgehead atoms. The highest BCUT2D eigenvalue weighted by molar-refractivity contribution is 5.48. The second kappa shape index (κ2) is 5.75. The quantitative estimate of drug-likeness (QED) is 0.732. The molecule has 0 aliphatic carbocycles. The molecule has 0 aliphatic rings. The molecule has 0 aliphatic heterocycles. The van der Waals surface area contributed by atoms with Gasteiger partial charge in [0.25, 0.3) is 0 Å². The van der Waals surface area contributed by atoms with Crippen molar-refractivity contribution >= 4 is 5.69 Å². The average Bonchev–Trinajstić information content (AvgIpc) is 2.55. The summed E-state index contributed by atoms with van der Waals surface area (Å²) in [6.45, 7) is 7.53. The largest absolute Gasteiger partial charge is 0.396 e. The smallest absolute Gasteiger partial charge is 0.139 e. The van der Waals surface area contributed by atoms with Crippen LogP contribution in [0.5, 0.6) is 0 Å². The molecule has 1 rings (SSSR count). The van der Waals surface area contributed by atoms with Gasteiger partial charge in [0, 0.05) is 6.61 Å². The Bertz CT molecular complexity index is 307. The van der Waals surface area contributed by atoms with Crippen LogP contribution in [0.25, 0.3) is 0 Å². The Labute approximate surface area is 91.4 Å². The maximum atomic E-state index is 5.99. The SMILES string of the molecule is CCCOCn1nc(CC)c(N)c1CC. The second-order valence-corrected chi connectivity index (χ2v) is 3.55. The van der Waals surface area contributed by atoms with E-state index in [0.29, 0.717) is 6.73 Å². The van der Waals surface area contributed by atoms with Crippen LogP contribution >= 0.6 is 0 Å². The molecule has 0 amide bonds. The molecule has 86 valence electrons. The van der Waals surface area contributed by atoms with E-state index in [1.807, 2.05) is 4.68 Å². The lowest BCUT2D eigenvalue weighted by Gasteiger charge is -2.06. The van der Waals surface area contributed by atoms with E-state index in [1.54, 1.807) is 0 Å². The number of ether oxygens (including phenoxy) is 1. The van der Waals surface area contributed by atoms with Crippen LogP contribution < -0.4 is 5.73 Å². The van der Waals surface area contributed by atoms with Crippen LogP contribution in [0.15, 0.2) is 0 Å². The fraction of sp³-hybridized carbons (Fsp3) is 0.727. The zero-order chi connectivity index (χ0) is 11.3. The number of nitrogen functional groups attached to an aromatic ring is 1. The molecule has 0 atom stereocenters. The summed E-state index contributed by atoms with van der Waals surface area (Å²) in [5.74, 6) is 0. The molecule has 0 fully saturated rings.